The van der Waals surface area contributed by atoms with Crippen molar-refractivity contribution in [1.82, 2.24) is 10.6 Å². The number of rotatable bonds is 3. The van der Waals surface area contributed by atoms with Crippen molar-refractivity contribution in [2.75, 3.05) is 6.54 Å². The summed E-state index contributed by atoms with van der Waals surface area (Å²) in [5, 5.41) is 5.38. The van der Waals surface area contributed by atoms with Gasteiger partial charge in [0.25, 0.3) is 0 Å². The Hall–Kier alpha value is -1.17. The van der Waals surface area contributed by atoms with Crippen LogP contribution in [0.5, 0.6) is 0 Å². The molecule has 15 heavy (non-hydrogen) atoms. The largest absolute Gasteiger partial charge is 0.392 e. The lowest BCUT2D eigenvalue weighted by Gasteiger charge is -2.23. The van der Waals surface area contributed by atoms with Gasteiger partial charge in [-0.05, 0) is 13.8 Å². The maximum atomic E-state index is 11.8. The number of amides is 2. The number of hydrogen-bond acceptors (Lipinski definition) is 3. The highest BCUT2D eigenvalue weighted by Crippen LogP contribution is 2.16. The highest BCUT2D eigenvalue weighted by Gasteiger charge is 2.33. The molecular formula is C9H15N3O2S. The molecule has 2 amide bonds. The second-order valence-corrected chi connectivity index (χ2v) is 4.61. The maximum Gasteiger partial charge on any atom is 0.232 e. The number of hydrogen-bond donors (Lipinski definition) is 3. The van der Waals surface area contributed by atoms with Crippen LogP contribution in [0, 0.1) is 5.41 Å². The predicted molar refractivity (Wildman–Crippen MR) is 60.1 cm³/mol. The molecule has 4 N–H and O–H groups in total. The summed E-state index contributed by atoms with van der Waals surface area (Å²) in [7, 11) is 0. The van der Waals surface area contributed by atoms with Crippen LogP contribution in [-0.4, -0.2) is 29.4 Å². The van der Waals surface area contributed by atoms with E-state index in [-0.39, 0.29) is 22.8 Å². The lowest BCUT2D eigenvalue weighted by atomic mass is 9.92. The quantitative estimate of drug-likeness (QED) is 0.559. The van der Waals surface area contributed by atoms with Gasteiger partial charge in [-0.15, -0.1) is 0 Å². The molecule has 1 saturated heterocycles. The van der Waals surface area contributed by atoms with Crippen LogP contribution in [0.2, 0.25) is 0 Å². The van der Waals surface area contributed by atoms with Crippen LogP contribution in [0.4, 0.5) is 0 Å². The van der Waals surface area contributed by atoms with Gasteiger partial charge in [0.1, 0.15) is 0 Å². The van der Waals surface area contributed by atoms with Crippen molar-refractivity contribution in [2.45, 2.75) is 26.3 Å². The third-order valence-electron chi connectivity index (χ3n) is 2.50. The molecule has 0 aromatic carbocycles. The number of carbonyl (C=O) groups excluding carboxylic acids is 2. The second kappa shape index (κ2) is 4.14. The van der Waals surface area contributed by atoms with Gasteiger partial charge in [-0.25, -0.2) is 0 Å². The Kier molecular flexibility index (Phi) is 3.28. The molecule has 1 aliphatic rings. The van der Waals surface area contributed by atoms with Crippen molar-refractivity contribution in [3.05, 3.63) is 0 Å². The number of nitrogens with two attached hydrogens (primary N) is 1. The Morgan fingerprint density at radius 1 is 1.67 bits per heavy atom. The average molecular weight is 229 g/mol. The van der Waals surface area contributed by atoms with Crippen molar-refractivity contribution >= 4 is 29.0 Å². The van der Waals surface area contributed by atoms with E-state index in [2.05, 4.69) is 10.6 Å². The second-order valence-electron chi connectivity index (χ2n) is 4.17. The van der Waals surface area contributed by atoms with E-state index < -0.39 is 5.41 Å². The molecule has 1 heterocycles. The van der Waals surface area contributed by atoms with Gasteiger partial charge in [0, 0.05) is 13.0 Å². The lowest BCUT2D eigenvalue weighted by Crippen LogP contribution is -2.48. The van der Waals surface area contributed by atoms with Gasteiger partial charge < -0.3 is 16.4 Å². The zero-order chi connectivity index (χ0) is 11.6. The molecule has 0 aromatic rings. The summed E-state index contributed by atoms with van der Waals surface area (Å²) in [5.74, 6) is -0.287. The number of carbonyl (C=O) groups is 2. The van der Waals surface area contributed by atoms with Crippen LogP contribution in [0.1, 0.15) is 20.3 Å². The van der Waals surface area contributed by atoms with Gasteiger partial charge in [0.2, 0.25) is 11.8 Å². The summed E-state index contributed by atoms with van der Waals surface area (Å²) in [6.45, 7) is 3.79. The van der Waals surface area contributed by atoms with E-state index in [0.717, 1.165) is 0 Å². The van der Waals surface area contributed by atoms with Crippen LogP contribution in [-0.2, 0) is 9.59 Å². The molecule has 0 radical (unpaired) electrons. The summed E-state index contributed by atoms with van der Waals surface area (Å²) in [5.41, 5.74) is 4.59. The van der Waals surface area contributed by atoms with Gasteiger partial charge in [-0.1, -0.05) is 12.2 Å². The van der Waals surface area contributed by atoms with Gasteiger partial charge in [0.05, 0.1) is 16.4 Å². The van der Waals surface area contributed by atoms with E-state index in [1.165, 1.54) is 0 Å². The highest BCUT2D eigenvalue weighted by atomic mass is 32.1. The normalized spacial score (nSPS) is 20.9. The van der Waals surface area contributed by atoms with Crippen molar-refractivity contribution in [3.63, 3.8) is 0 Å². The molecule has 84 valence electrons. The number of nitrogens with one attached hydrogen (secondary N) is 2. The van der Waals surface area contributed by atoms with Crippen molar-refractivity contribution < 1.29 is 9.59 Å². The molecule has 0 aliphatic carbocycles. The minimum atomic E-state index is -0.874. The van der Waals surface area contributed by atoms with Crippen LogP contribution in [0.15, 0.2) is 0 Å². The molecule has 1 rings (SSSR count). The van der Waals surface area contributed by atoms with Crippen molar-refractivity contribution in [1.29, 1.82) is 0 Å². The fourth-order valence-electron chi connectivity index (χ4n) is 1.18. The van der Waals surface area contributed by atoms with Crippen LogP contribution >= 0.6 is 12.2 Å². The van der Waals surface area contributed by atoms with Crippen molar-refractivity contribution in [3.8, 4) is 0 Å². The zero-order valence-corrected chi connectivity index (χ0v) is 9.61. The lowest BCUT2D eigenvalue weighted by molar-refractivity contribution is -0.126. The average Bonchev–Trinajstić information content (AvgIpc) is 2.50. The Morgan fingerprint density at radius 2 is 2.27 bits per heavy atom. The van der Waals surface area contributed by atoms with Gasteiger partial charge in [-0.2, -0.15) is 0 Å². The Morgan fingerprint density at radius 3 is 2.67 bits per heavy atom. The third-order valence-corrected chi connectivity index (χ3v) is 3.01. The monoisotopic (exact) mass is 229 g/mol. The van der Waals surface area contributed by atoms with E-state index in [4.69, 9.17) is 18.0 Å². The Bertz CT molecular complexity index is 314. The molecule has 6 heteroatoms. The Labute approximate surface area is 93.8 Å². The maximum absolute atomic E-state index is 11.8. The first kappa shape index (κ1) is 11.9. The molecule has 1 fully saturated rings. The summed E-state index contributed by atoms with van der Waals surface area (Å²) in [4.78, 5) is 22.8. The topological polar surface area (TPSA) is 84.2 Å². The SMILES string of the molecule is CC(C)(C(=O)NC1CNC(=O)C1)C(N)=S. The minimum absolute atomic E-state index is 0.0477. The standard InChI is InChI=1S/C9H15N3O2S/c1-9(2,7(10)15)8(14)12-5-3-6(13)11-4-5/h5H,3-4H2,1-2H3,(H2,10,15)(H,11,13)(H,12,14). The van der Waals surface area contributed by atoms with Crippen molar-refractivity contribution in [2.24, 2.45) is 11.1 Å². The molecule has 1 unspecified atom stereocenters. The van der Waals surface area contributed by atoms with Gasteiger partial charge in [0.15, 0.2) is 0 Å². The number of thiocarbonyl (C=S) groups is 1. The molecule has 0 bridgehead atoms. The molecule has 0 saturated carbocycles. The predicted octanol–water partition coefficient (Wildman–Crippen LogP) is -0.697. The summed E-state index contributed by atoms with van der Waals surface area (Å²) >= 11 is 4.81. The van der Waals surface area contributed by atoms with E-state index in [0.29, 0.717) is 13.0 Å². The first-order chi connectivity index (χ1) is 6.84. The van der Waals surface area contributed by atoms with E-state index >= 15 is 0 Å². The third kappa shape index (κ3) is 2.65. The van der Waals surface area contributed by atoms with Crippen LogP contribution in [0.3, 0.4) is 0 Å². The Balaban J connectivity index is 2.56. The molecule has 5 nitrogen and oxygen atoms in total. The molecule has 1 atom stereocenters. The molecule has 0 spiro atoms. The van der Waals surface area contributed by atoms with Gasteiger partial charge in [-0.3, -0.25) is 9.59 Å². The van der Waals surface area contributed by atoms with E-state index in [1.807, 2.05) is 0 Å². The molecule has 1 aliphatic heterocycles. The van der Waals surface area contributed by atoms with Gasteiger partial charge >= 0.3 is 0 Å². The molecular weight excluding hydrogens is 214 g/mol. The summed E-state index contributed by atoms with van der Waals surface area (Å²) in [6, 6.07) is -0.154. The summed E-state index contributed by atoms with van der Waals surface area (Å²) in [6.07, 6.45) is 0.319. The zero-order valence-electron chi connectivity index (χ0n) is 8.79. The fourth-order valence-corrected chi connectivity index (χ4v) is 1.28. The van der Waals surface area contributed by atoms with E-state index in [9.17, 15) is 9.59 Å². The highest BCUT2D eigenvalue weighted by molar-refractivity contribution is 7.80. The summed E-state index contributed by atoms with van der Waals surface area (Å²) < 4.78 is 0. The fraction of sp³-hybridized carbons (Fsp3) is 0.667. The minimum Gasteiger partial charge on any atom is -0.392 e. The van der Waals surface area contributed by atoms with Crippen LogP contribution in [0.25, 0.3) is 0 Å². The van der Waals surface area contributed by atoms with Crippen LogP contribution < -0.4 is 16.4 Å². The first-order valence-corrected chi connectivity index (χ1v) is 5.12. The smallest absolute Gasteiger partial charge is 0.232 e. The first-order valence-electron chi connectivity index (χ1n) is 4.71. The molecule has 0 aromatic heterocycles. The van der Waals surface area contributed by atoms with E-state index in [1.54, 1.807) is 13.8 Å².